The lowest BCUT2D eigenvalue weighted by molar-refractivity contribution is 0.101. The van der Waals surface area contributed by atoms with Gasteiger partial charge in [-0.2, -0.15) is 0 Å². The van der Waals surface area contributed by atoms with Crippen LogP contribution in [0.4, 0.5) is 5.69 Å². The summed E-state index contributed by atoms with van der Waals surface area (Å²) < 4.78 is 0. The predicted octanol–water partition coefficient (Wildman–Crippen LogP) is 2.49. The molecular weight excluding hydrogens is 226 g/mol. The van der Waals surface area contributed by atoms with Gasteiger partial charge in [0.1, 0.15) is 0 Å². The van der Waals surface area contributed by atoms with E-state index >= 15 is 0 Å². The molecule has 1 aromatic rings. The highest BCUT2D eigenvalue weighted by molar-refractivity contribution is 5.94. The molecule has 0 bridgehead atoms. The number of nitrogens with zero attached hydrogens (tertiary/aromatic N) is 1. The summed E-state index contributed by atoms with van der Waals surface area (Å²) in [6, 6.07) is 7.84. The SMILES string of the molecule is CC(=O)c1ccc(N2CCCC(CCO)C2)cc1. The van der Waals surface area contributed by atoms with Crippen molar-refractivity contribution >= 4 is 11.5 Å². The Hall–Kier alpha value is -1.35. The van der Waals surface area contributed by atoms with Crippen molar-refractivity contribution in [2.75, 3.05) is 24.6 Å². The van der Waals surface area contributed by atoms with Gasteiger partial charge in [-0.25, -0.2) is 0 Å². The zero-order valence-electron chi connectivity index (χ0n) is 10.9. The van der Waals surface area contributed by atoms with Gasteiger partial charge in [0.15, 0.2) is 5.78 Å². The van der Waals surface area contributed by atoms with Crippen LogP contribution in [0.3, 0.4) is 0 Å². The molecule has 1 heterocycles. The molecule has 1 atom stereocenters. The van der Waals surface area contributed by atoms with E-state index in [2.05, 4.69) is 4.90 Å². The van der Waals surface area contributed by atoms with Gasteiger partial charge in [-0.3, -0.25) is 4.79 Å². The van der Waals surface area contributed by atoms with Gasteiger partial charge < -0.3 is 10.0 Å². The summed E-state index contributed by atoms with van der Waals surface area (Å²) in [7, 11) is 0. The predicted molar refractivity (Wildman–Crippen MR) is 73.1 cm³/mol. The Morgan fingerprint density at radius 1 is 1.39 bits per heavy atom. The number of hydrogen-bond donors (Lipinski definition) is 1. The fraction of sp³-hybridized carbons (Fsp3) is 0.533. The van der Waals surface area contributed by atoms with E-state index in [4.69, 9.17) is 5.11 Å². The number of aliphatic hydroxyl groups excluding tert-OH is 1. The van der Waals surface area contributed by atoms with Crippen molar-refractivity contribution in [1.82, 2.24) is 0 Å². The highest BCUT2D eigenvalue weighted by atomic mass is 16.3. The Kier molecular flexibility index (Phi) is 4.37. The number of hydrogen-bond acceptors (Lipinski definition) is 3. The molecule has 1 saturated heterocycles. The van der Waals surface area contributed by atoms with E-state index in [-0.39, 0.29) is 12.4 Å². The fourth-order valence-corrected chi connectivity index (χ4v) is 2.62. The highest BCUT2D eigenvalue weighted by Crippen LogP contribution is 2.25. The third-order valence-electron chi connectivity index (χ3n) is 3.70. The Morgan fingerprint density at radius 2 is 2.11 bits per heavy atom. The third-order valence-corrected chi connectivity index (χ3v) is 3.70. The first-order valence-electron chi connectivity index (χ1n) is 6.67. The second-order valence-corrected chi connectivity index (χ2v) is 5.07. The number of Topliss-reactive ketones (excluding diaryl/α,β-unsaturated/α-hetero) is 1. The molecule has 0 aromatic heterocycles. The van der Waals surface area contributed by atoms with E-state index in [9.17, 15) is 4.79 Å². The van der Waals surface area contributed by atoms with Gasteiger partial charge in [0, 0.05) is 30.9 Å². The molecule has 18 heavy (non-hydrogen) atoms. The van der Waals surface area contributed by atoms with Gasteiger partial charge in [0.2, 0.25) is 0 Å². The molecule has 1 N–H and O–H groups in total. The van der Waals surface area contributed by atoms with Gasteiger partial charge in [0.25, 0.3) is 0 Å². The van der Waals surface area contributed by atoms with Crippen molar-refractivity contribution < 1.29 is 9.90 Å². The minimum atomic E-state index is 0.110. The third kappa shape index (κ3) is 3.10. The molecule has 3 nitrogen and oxygen atoms in total. The fourth-order valence-electron chi connectivity index (χ4n) is 2.62. The monoisotopic (exact) mass is 247 g/mol. The molecule has 1 fully saturated rings. The van der Waals surface area contributed by atoms with Crippen LogP contribution < -0.4 is 4.90 Å². The summed E-state index contributed by atoms with van der Waals surface area (Å²) in [5, 5.41) is 9.02. The molecule has 0 aliphatic carbocycles. The van der Waals surface area contributed by atoms with Crippen molar-refractivity contribution in [3.05, 3.63) is 29.8 Å². The van der Waals surface area contributed by atoms with Crippen LogP contribution in [-0.2, 0) is 0 Å². The highest BCUT2D eigenvalue weighted by Gasteiger charge is 2.19. The van der Waals surface area contributed by atoms with E-state index in [1.165, 1.54) is 18.5 Å². The Balaban J connectivity index is 2.04. The maximum absolute atomic E-state index is 11.2. The number of benzene rings is 1. The van der Waals surface area contributed by atoms with E-state index in [1.807, 2.05) is 24.3 Å². The van der Waals surface area contributed by atoms with E-state index in [0.29, 0.717) is 5.92 Å². The number of ketones is 1. The van der Waals surface area contributed by atoms with Gasteiger partial charge in [-0.1, -0.05) is 0 Å². The van der Waals surface area contributed by atoms with E-state index in [1.54, 1.807) is 6.92 Å². The minimum absolute atomic E-state index is 0.110. The van der Waals surface area contributed by atoms with Crippen LogP contribution in [0.5, 0.6) is 0 Å². The van der Waals surface area contributed by atoms with Crippen LogP contribution in [0.1, 0.15) is 36.5 Å². The first-order valence-corrected chi connectivity index (χ1v) is 6.67. The van der Waals surface area contributed by atoms with Crippen LogP contribution in [0, 0.1) is 5.92 Å². The summed E-state index contributed by atoms with van der Waals surface area (Å²) in [4.78, 5) is 13.6. The summed E-state index contributed by atoms with van der Waals surface area (Å²) >= 11 is 0. The number of carbonyl (C=O) groups excluding carboxylic acids is 1. The largest absolute Gasteiger partial charge is 0.396 e. The number of carbonyl (C=O) groups is 1. The molecule has 0 spiro atoms. The second kappa shape index (κ2) is 6.01. The minimum Gasteiger partial charge on any atom is -0.396 e. The second-order valence-electron chi connectivity index (χ2n) is 5.07. The first kappa shape index (κ1) is 13.1. The van der Waals surface area contributed by atoms with E-state index in [0.717, 1.165) is 25.1 Å². The molecule has 0 radical (unpaired) electrons. The zero-order chi connectivity index (χ0) is 13.0. The molecule has 2 rings (SSSR count). The number of aliphatic hydroxyl groups is 1. The first-order chi connectivity index (χ1) is 8.70. The summed E-state index contributed by atoms with van der Waals surface area (Å²) in [5.41, 5.74) is 1.95. The summed E-state index contributed by atoms with van der Waals surface area (Å²) in [5.74, 6) is 0.703. The molecule has 1 aromatic carbocycles. The number of anilines is 1. The molecule has 1 aliphatic rings. The van der Waals surface area contributed by atoms with Crippen LogP contribution in [0.2, 0.25) is 0 Å². The van der Waals surface area contributed by atoms with Gasteiger partial charge in [-0.05, 0) is 56.4 Å². The zero-order valence-corrected chi connectivity index (χ0v) is 10.9. The van der Waals surface area contributed by atoms with Crippen LogP contribution in [0.25, 0.3) is 0 Å². The normalized spacial score (nSPS) is 19.9. The van der Waals surface area contributed by atoms with Gasteiger partial charge in [0.05, 0.1) is 0 Å². The van der Waals surface area contributed by atoms with Crippen LogP contribution in [-0.4, -0.2) is 30.6 Å². The molecule has 0 amide bonds. The summed E-state index contributed by atoms with van der Waals surface area (Å²) in [6.07, 6.45) is 3.28. The average Bonchev–Trinajstić information content (AvgIpc) is 2.39. The van der Waals surface area contributed by atoms with Crippen LogP contribution in [0.15, 0.2) is 24.3 Å². The Bertz CT molecular complexity index is 397. The van der Waals surface area contributed by atoms with Crippen molar-refractivity contribution in [2.24, 2.45) is 5.92 Å². The lowest BCUT2D eigenvalue weighted by atomic mass is 9.94. The number of rotatable bonds is 4. The Morgan fingerprint density at radius 3 is 2.72 bits per heavy atom. The molecule has 1 unspecified atom stereocenters. The molecule has 98 valence electrons. The van der Waals surface area contributed by atoms with Gasteiger partial charge in [-0.15, -0.1) is 0 Å². The maximum Gasteiger partial charge on any atom is 0.159 e. The number of piperidine rings is 1. The van der Waals surface area contributed by atoms with Crippen molar-refractivity contribution in [1.29, 1.82) is 0 Å². The van der Waals surface area contributed by atoms with Crippen molar-refractivity contribution in [3.63, 3.8) is 0 Å². The molecule has 1 aliphatic heterocycles. The van der Waals surface area contributed by atoms with Crippen molar-refractivity contribution in [3.8, 4) is 0 Å². The van der Waals surface area contributed by atoms with Crippen molar-refractivity contribution in [2.45, 2.75) is 26.2 Å². The smallest absolute Gasteiger partial charge is 0.159 e. The molecule has 3 heteroatoms. The van der Waals surface area contributed by atoms with E-state index < -0.39 is 0 Å². The molecule has 0 saturated carbocycles. The topological polar surface area (TPSA) is 40.5 Å². The quantitative estimate of drug-likeness (QED) is 0.831. The lowest BCUT2D eigenvalue weighted by Gasteiger charge is -2.34. The maximum atomic E-state index is 11.2. The molecular formula is C15H21NO2. The van der Waals surface area contributed by atoms with Crippen LogP contribution >= 0.6 is 0 Å². The standard InChI is InChI=1S/C15H21NO2/c1-12(18)14-4-6-15(7-5-14)16-9-2-3-13(11-16)8-10-17/h4-7,13,17H,2-3,8-11H2,1H3. The Labute approximate surface area is 108 Å². The summed E-state index contributed by atoms with van der Waals surface area (Å²) in [6.45, 7) is 3.95. The average molecular weight is 247 g/mol. The van der Waals surface area contributed by atoms with Gasteiger partial charge >= 0.3 is 0 Å². The lowest BCUT2D eigenvalue weighted by Crippen LogP contribution is -2.35.